The van der Waals surface area contributed by atoms with E-state index in [2.05, 4.69) is 25.4 Å². The number of aromatic nitrogens is 5. The van der Waals surface area contributed by atoms with E-state index in [-0.39, 0.29) is 0 Å². The number of pyridine rings is 1. The van der Waals surface area contributed by atoms with Crippen molar-refractivity contribution in [1.82, 2.24) is 25.4 Å². The van der Waals surface area contributed by atoms with Crippen LogP contribution in [-0.4, -0.2) is 25.4 Å². The Morgan fingerprint density at radius 1 is 0.900 bits per heavy atom. The van der Waals surface area contributed by atoms with Crippen molar-refractivity contribution >= 4 is 22.2 Å². The lowest BCUT2D eigenvalue weighted by Gasteiger charge is -2.01. The van der Waals surface area contributed by atoms with E-state index in [1.165, 1.54) is 0 Å². The Labute approximate surface area is 54.8 Å². The second kappa shape index (κ2) is 1.11. The average Bonchev–Trinajstić information content (AvgIpc) is 1.84. The van der Waals surface area contributed by atoms with Gasteiger partial charge in [-0.2, -0.15) is 0 Å². The molecule has 0 aliphatic heterocycles. The molecule has 0 N–H and O–H groups in total. The monoisotopic (exact) mass is 131 g/mol. The van der Waals surface area contributed by atoms with Crippen LogP contribution in [0.15, 0.2) is 6.20 Å². The Balaban J connectivity index is 2.67. The van der Waals surface area contributed by atoms with Crippen LogP contribution in [0.1, 0.15) is 0 Å². The average molecular weight is 131 g/mol. The van der Waals surface area contributed by atoms with E-state index in [9.17, 15) is 0 Å². The fourth-order valence-electron chi connectivity index (χ4n) is 0.921. The summed E-state index contributed by atoms with van der Waals surface area (Å²) >= 11 is 0. The van der Waals surface area contributed by atoms with E-state index >= 15 is 0 Å². The lowest BCUT2D eigenvalue weighted by atomic mass is 10.3. The first-order valence-corrected chi connectivity index (χ1v) is 2.81. The molecule has 0 saturated heterocycles. The van der Waals surface area contributed by atoms with Gasteiger partial charge in [-0.15, -0.1) is 20.4 Å². The number of rotatable bonds is 0. The van der Waals surface area contributed by atoms with Crippen LogP contribution < -0.4 is 0 Å². The Morgan fingerprint density at radius 2 is 1.80 bits per heavy atom. The van der Waals surface area contributed by atoms with Gasteiger partial charge in [-0.1, -0.05) is 0 Å². The number of fused-ring (bicyclic) bond motifs is 3. The van der Waals surface area contributed by atoms with E-state index in [1.54, 1.807) is 6.20 Å². The van der Waals surface area contributed by atoms with Crippen molar-refractivity contribution in [1.29, 1.82) is 0 Å². The molecule has 0 spiro atoms. The molecule has 0 fully saturated rings. The maximum absolute atomic E-state index is 3.96. The van der Waals surface area contributed by atoms with Crippen LogP contribution in [-0.2, 0) is 0 Å². The van der Waals surface area contributed by atoms with Crippen LogP contribution in [0.3, 0.4) is 0 Å². The first-order chi connectivity index (χ1) is 4.95. The van der Waals surface area contributed by atoms with Gasteiger partial charge in [0, 0.05) is 0 Å². The molecular formula is C5HN5. The molecule has 3 aromatic heterocycles. The zero-order chi connectivity index (χ0) is 6.55. The third kappa shape index (κ3) is 0.283. The summed E-state index contributed by atoms with van der Waals surface area (Å²) in [4.78, 5) is 3.96. The Bertz CT molecular complexity index is 419. The highest BCUT2D eigenvalue weighted by molar-refractivity contribution is 5.98. The smallest absolute Gasteiger partial charge is 0.204 e. The molecule has 10 heavy (non-hydrogen) atoms. The maximum Gasteiger partial charge on any atom is 0.204 e. The van der Waals surface area contributed by atoms with Crippen LogP contribution in [0.25, 0.3) is 22.2 Å². The molecule has 5 heteroatoms. The third-order valence-electron chi connectivity index (χ3n) is 1.49. The fourth-order valence-corrected chi connectivity index (χ4v) is 0.921. The van der Waals surface area contributed by atoms with Gasteiger partial charge in [0.25, 0.3) is 0 Å². The van der Waals surface area contributed by atoms with Crippen molar-refractivity contribution in [2.75, 3.05) is 0 Å². The highest BCUT2D eigenvalue weighted by atomic mass is 15.2. The summed E-state index contributed by atoms with van der Waals surface area (Å²) in [5.41, 5.74) is 3.11. The molecule has 3 aromatic rings. The highest BCUT2D eigenvalue weighted by Crippen LogP contribution is 2.18. The van der Waals surface area contributed by atoms with Gasteiger partial charge >= 0.3 is 0 Å². The van der Waals surface area contributed by atoms with Crippen molar-refractivity contribution in [2.24, 2.45) is 0 Å². The van der Waals surface area contributed by atoms with Crippen molar-refractivity contribution in [3.63, 3.8) is 0 Å². The van der Waals surface area contributed by atoms with Crippen molar-refractivity contribution in [3.05, 3.63) is 6.20 Å². The molecule has 0 bridgehead atoms. The van der Waals surface area contributed by atoms with Crippen molar-refractivity contribution < 1.29 is 0 Å². The lowest BCUT2D eigenvalue weighted by molar-refractivity contribution is 0.998. The number of nitrogens with zero attached hydrogens (tertiary/aromatic N) is 5. The predicted octanol–water partition coefficient (Wildman–Crippen LogP) is -0.156. The molecule has 0 radical (unpaired) electrons. The van der Waals surface area contributed by atoms with Gasteiger partial charge in [0.15, 0.2) is 5.52 Å². The molecule has 0 atom stereocenters. The fraction of sp³-hybridized carbons (Fsp3) is 0. The van der Waals surface area contributed by atoms with Crippen LogP contribution in [0.5, 0.6) is 0 Å². The van der Waals surface area contributed by atoms with Crippen molar-refractivity contribution in [2.45, 2.75) is 0 Å². The van der Waals surface area contributed by atoms with E-state index in [0.717, 1.165) is 16.6 Å². The highest BCUT2D eigenvalue weighted by Gasteiger charge is 2.11. The summed E-state index contributed by atoms with van der Waals surface area (Å²) in [6, 6.07) is 0. The van der Waals surface area contributed by atoms with E-state index in [1.807, 2.05) is 0 Å². The summed E-state index contributed by atoms with van der Waals surface area (Å²) in [6.45, 7) is 0. The first kappa shape index (κ1) is 4.21. The molecule has 46 valence electrons. The molecule has 0 aliphatic rings. The van der Waals surface area contributed by atoms with E-state index in [0.29, 0.717) is 5.65 Å². The van der Waals surface area contributed by atoms with Crippen LogP contribution in [0, 0.1) is 0 Å². The number of hydrogen-bond donors (Lipinski definition) is 0. The second-order valence-electron chi connectivity index (χ2n) is 2.06. The molecule has 0 aliphatic carbocycles. The lowest BCUT2D eigenvalue weighted by Crippen LogP contribution is -2.01. The minimum absolute atomic E-state index is 0.678. The molecule has 0 aromatic carbocycles. The summed E-state index contributed by atoms with van der Waals surface area (Å²) < 4.78 is 0. The van der Waals surface area contributed by atoms with Gasteiger partial charge < -0.3 is 0 Å². The topological polar surface area (TPSA) is 64.5 Å². The summed E-state index contributed by atoms with van der Waals surface area (Å²) in [5, 5.41) is 14.9. The maximum atomic E-state index is 3.96. The normalized spacial score (nSPS) is 12.0. The third-order valence-corrected chi connectivity index (χ3v) is 1.49. The molecule has 3 heterocycles. The first-order valence-electron chi connectivity index (χ1n) is 2.81. The minimum Gasteiger partial charge on any atom is -0.231 e. The summed E-state index contributed by atoms with van der Waals surface area (Å²) in [7, 11) is 0. The van der Waals surface area contributed by atoms with Gasteiger partial charge in [-0.05, 0) is 0 Å². The van der Waals surface area contributed by atoms with Gasteiger partial charge in [0.05, 0.1) is 6.20 Å². The molecule has 0 saturated carbocycles. The zero-order valence-corrected chi connectivity index (χ0v) is 4.81. The standard InChI is InChI=1S/C5HN5/c1-2-3(8-7-2)4-5(6-1)10-9-4/h1H. The predicted molar refractivity (Wildman–Crippen MR) is 32.8 cm³/mol. The molecule has 3 rings (SSSR count). The van der Waals surface area contributed by atoms with E-state index in [4.69, 9.17) is 0 Å². The van der Waals surface area contributed by atoms with Crippen molar-refractivity contribution in [3.8, 4) is 0 Å². The Hall–Kier alpha value is -1.65. The Kier molecular flexibility index (Phi) is 0.467. The van der Waals surface area contributed by atoms with Gasteiger partial charge in [-0.25, -0.2) is 4.98 Å². The Morgan fingerprint density at radius 3 is 2.30 bits per heavy atom. The van der Waals surface area contributed by atoms with Gasteiger partial charge in [0.2, 0.25) is 5.65 Å². The van der Waals surface area contributed by atoms with E-state index < -0.39 is 0 Å². The van der Waals surface area contributed by atoms with Gasteiger partial charge in [-0.3, -0.25) is 0 Å². The summed E-state index contributed by atoms with van der Waals surface area (Å²) in [5.74, 6) is 0. The second-order valence-corrected chi connectivity index (χ2v) is 2.06. The van der Waals surface area contributed by atoms with Crippen LogP contribution >= 0.6 is 0 Å². The SMILES string of the molecule is c1nc2nnc2c2nnc12. The molecule has 5 nitrogen and oxygen atoms in total. The largest absolute Gasteiger partial charge is 0.231 e. The van der Waals surface area contributed by atoms with Gasteiger partial charge in [0.1, 0.15) is 11.0 Å². The van der Waals surface area contributed by atoms with Crippen LogP contribution in [0.2, 0.25) is 0 Å². The molecule has 0 unspecified atom stereocenters. The quantitative estimate of drug-likeness (QED) is 0.424. The molecule has 0 amide bonds. The number of hydrogen-bond acceptors (Lipinski definition) is 5. The zero-order valence-electron chi connectivity index (χ0n) is 4.81. The van der Waals surface area contributed by atoms with Crippen LogP contribution in [0.4, 0.5) is 0 Å². The molecular weight excluding hydrogens is 130 g/mol. The summed E-state index contributed by atoms with van der Waals surface area (Å²) in [6.07, 6.45) is 1.65. The minimum atomic E-state index is 0.678.